The van der Waals surface area contributed by atoms with Gasteiger partial charge in [-0.05, 0) is 55.7 Å². The molecule has 1 fully saturated rings. The molecule has 2 aromatic rings. The van der Waals surface area contributed by atoms with E-state index >= 15 is 0 Å². The van der Waals surface area contributed by atoms with Gasteiger partial charge in [-0.1, -0.05) is 19.3 Å². The molecule has 0 unspecified atom stereocenters. The van der Waals surface area contributed by atoms with Crippen molar-refractivity contribution < 1.29 is 13.2 Å². The van der Waals surface area contributed by atoms with E-state index in [9.17, 15) is 13.2 Å². The number of amides is 1. The van der Waals surface area contributed by atoms with Crippen molar-refractivity contribution in [1.29, 1.82) is 0 Å². The van der Waals surface area contributed by atoms with Crippen LogP contribution in [0.2, 0.25) is 0 Å². The highest BCUT2D eigenvalue weighted by molar-refractivity contribution is 7.94. The van der Waals surface area contributed by atoms with Crippen LogP contribution in [0.4, 0.5) is 11.4 Å². The molecule has 1 aliphatic carbocycles. The number of anilines is 2. The summed E-state index contributed by atoms with van der Waals surface area (Å²) in [6, 6.07) is 8.74. The molecule has 1 aromatic carbocycles. The Hall–Kier alpha value is -1.86. The van der Waals surface area contributed by atoms with Gasteiger partial charge in [0.1, 0.15) is 4.21 Å². The molecule has 1 saturated carbocycles. The second-order valence-corrected chi connectivity index (χ2v) is 10.0. The molecule has 1 spiro atoms. The highest BCUT2D eigenvalue weighted by Crippen LogP contribution is 2.48. The topological polar surface area (TPSA) is 75.3 Å². The van der Waals surface area contributed by atoms with Crippen LogP contribution in [-0.2, 0) is 20.2 Å². The maximum Gasteiger partial charge on any atom is 0.271 e. The number of benzene rings is 1. The number of thiophene rings is 1. The minimum absolute atomic E-state index is 0.0519. The molecule has 5 nitrogen and oxygen atoms in total. The van der Waals surface area contributed by atoms with Crippen molar-refractivity contribution >= 4 is 38.6 Å². The Kier molecular flexibility index (Phi) is 3.88. The first-order valence-electron chi connectivity index (χ1n) is 8.46. The Morgan fingerprint density at radius 3 is 2.56 bits per heavy atom. The SMILES string of the molecule is Cc1ccc(S(=O)(=O)Nc2ccc3c(c2)C2(CCCCC2)C(=O)N3)s1. The van der Waals surface area contributed by atoms with E-state index < -0.39 is 15.4 Å². The fraction of sp³-hybridized carbons (Fsp3) is 0.389. The monoisotopic (exact) mass is 376 g/mol. The first kappa shape index (κ1) is 16.6. The summed E-state index contributed by atoms with van der Waals surface area (Å²) in [4.78, 5) is 13.5. The number of hydrogen-bond acceptors (Lipinski definition) is 4. The molecule has 0 atom stereocenters. The molecule has 0 saturated heterocycles. The molecule has 0 bridgehead atoms. The molecule has 1 aromatic heterocycles. The van der Waals surface area contributed by atoms with Crippen molar-refractivity contribution in [2.75, 3.05) is 10.0 Å². The standard InChI is InChI=1S/C18H20N2O3S2/c1-12-5-8-16(24-12)25(22,23)20-13-6-7-15-14(11-13)18(17(21)19-15)9-3-2-4-10-18/h5-8,11,20H,2-4,9-10H2,1H3,(H,19,21). The number of carbonyl (C=O) groups is 1. The van der Waals surface area contributed by atoms with E-state index in [4.69, 9.17) is 0 Å². The lowest BCUT2D eigenvalue weighted by atomic mass is 9.70. The van der Waals surface area contributed by atoms with E-state index in [1.54, 1.807) is 24.3 Å². The zero-order valence-electron chi connectivity index (χ0n) is 14.0. The number of carbonyl (C=O) groups excluding carboxylic acids is 1. The Morgan fingerprint density at radius 1 is 1.12 bits per heavy atom. The van der Waals surface area contributed by atoms with Gasteiger partial charge in [0.15, 0.2) is 0 Å². The molecule has 2 aliphatic rings. The van der Waals surface area contributed by atoms with Gasteiger partial charge in [0.05, 0.1) is 5.41 Å². The fourth-order valence-corrected chi connectivity index (χ4v) is 6.22. The summed E-state index contributed by atoms with van der Waals surface area (Å²) in [7, 11) is -3.60. The molecular formula is C18H20N2O3S2. The molecular weight excluding hydrogens is 356 g/mol. The highest BCUT2D eigenvalue weighted by Gasteiger charge is 2.47. The second-order valence-electron chi connectivity index (χ2n) is 6.83. The van der Waals surface area contributed by atoms with E-state index in [0.29, 0.717) is 9.90 Å². The van der Waals surface area contributed by atoms with Crippen LogP contribution in [0.1, 0.15) is 42.5 Å². The average Bonchev–Trinajstić information content (AvgIpc) is 3.13. The predicted octanol–water partition coefficient (Wildman–Crippen LogP) is 4.01. The van der Waals surface area contributed by atoms with E-state index in [-0.39, 0.29) is 5.91 Å². The summed E-state index contributed by atoms with van der Waals surface area (Å²) in [6.45, 7) is 1.88. The van der Waals surface area contributed by atoms with Gasteiger partial charge in [0, 0.05) is 16.3 Å². The van der Waals surface area contributed by atoms with Gasteiger partial charge in [-0.3, -0.25) is 9.52 Å². The predicted molar refractivity (Wildman–Crippen MR) is 99.7 cm³/mol. The molecule has 1 aliphatic heterocycles. The van der Waals surface area contributed by atoms with Crippen LogP contribution in [-0.4, -0.2) is 14.3 Å². The largest absolute Gasteiger partial charge is 0.325 e. The number of aryl methyl sites for hydroxylation is 1. The summed E-state index contributed by atoms with van der Waals surface area (Å²) in [5.74, 6) is 0.0519. The number of fused-ring (bicyclic) bond motifs is 2. The van der Waals surface area contributed by atoms with Gasteiger partial charge >= 0.3 is 0 Å². The minimum Gasteiger partial charge on any atom is -0.325 e. The summed E-state index contributed by atoms with van der Waals surface area (Å²) in [5, 5.41) is 2.97. The van der Waals surface area contributed by atoms with Crippen molar-refractivity contribution in [3.05, 3.63) is 40.8 Å². The third-order valence-corrected chi connectivity index (χ3v) is 8.03. The Balaban J connectivity index is 1.69. The van der Waals surface area contributed by atoms with E-state index in [1.807, 2.05) is 13.0 Å². The Bertz CT molecular complexity index is 941. The Labute approximate surface area is 151 Å². The van der Waals surface area contributed by atoms with Gasteiger partial charge in [-0.15, -0.1) is 11.3 Å². The van der Waals surface area contributed by atoms with Gasteiger partial charge in [-0.2, -0.15) is 0 Å². The molecule has 4 rings (SSSR count). The van der Waals surface area contributed by atoms with Gasteiger partial charge < -0.3 is 5.32 Å². The Morgan fingerprint density at radius 2 is 1.88 bits per heavy atom. The van der Waals surface area contributed by atoms with Crippen molar-refractivity contribution in [3.63, 3.8) is 0 Å². The summed E-state index contributed by atoms with van der Waals surface area (Å²) in [5.41, 5.74) is 1.75. The zero-order valence-corrected chi connectivity index (χ0v) is 15.6. The van der Waals surface area contributed by atoms with Crippen molar-refractivity contribution in [2.45, 2.75) is 48.7 Å². The molecule has 0 radical (unpaired) electrons. The third kappa shape index (κ3) is 2.75. The molecule has 25 heavy (non-hydrogen) atoms. The summed E-state index contributed by atoms with van der Waals surface area (Å²) in [6.07, 6.45) is 4.85. The molecule has 1 amide bonds. The minimum atomic E-state index is -3.60. The zero-order chi connectivity index (χ0) is 17.7. The summed E-state index contributed by atoms with van der Waals surface area (Å²) < 4.78 is 28.1. The lowest BCUT2D eigenvalue weighted by Gasteiger charge is -2.31. The average molecular weight is 377 g/mol. The van der Waals surface area contributed by atoms with Gasteiger partial charge in [0.2, 0.25) is 5.91 Å². The molecule has 2 heterocycles. The van der Waals surface area contributed by atoms with Crippen LogP contribution in [0.25, 0.3) is 0 Å². The quantitative estimate of drug-likeness (QED) is 0.850. The first-order chi connectivity index (χ1) is 11.9. The van der Waals surface area contributed by atoms with E-state index in [0.717, 1.165) is 48.2 Å². The third-order valence-electron chi connectivity index (χ3n) is 5.16. The van der Waals surface area contributed by atoms with Gasteiger partial charge in [-0.25, -0.2) is 8.42 Å². The maximum atomic E-state index is 12.6. The van der Waals surface area contributed by atoms with Crippen LogP contribution in [0.5, 0.6) is 0 Å². The van der Waals surface area contributed by atoms with Crippen molar-refractivity contribution in [3.8, 4) is 0 Å². The molecule has 132 valence electrons. The van der Waals surface area contributed by atoms with Crippen molar-refractivity contribution in [1.82, 2.24) is 0 Å². The first-order valence-corrected chi connectivity index (χ1v) is 10.8. The van der Waals surface area contributed by atoms with Crippen molar-refractivity contribution in [2.24, 2.45) is 0 Å². The lowest BCUT2D eigenvalue weighted by molar-refractivity contribution is -0.121. The number of rotatable bonds is 3. The highest BCUT2D eigenvalue weighted by atomic mass is 32.2. The number of hydrogen-bond donors (Lipinski definition) is 2. The second kappa shape index (κ2) is 5.85. The lowest BCUT2D eigenvalue weighted by Crippen LogP contribution is -2.36. The molecule has 7 heteroatoms. The van der Waals surface area contributed by atoms with E-state index in [1.165, 1.54) is 11.3 Å². The number of sulfonamides is 1. The van der Waals surface area contributed by atoms with Crippen LogP contribution in [0.15, 0.2) is 34.5 Å². The normalized spacial score (nSPS) is 18.8. The van der Waals surface area contributed by atoms with Crippen LogP contribution in [0, 0.1) is 6.92 Å². The van der Waals surface area contributed by atoms with E-state index in [2.05, 4.69) is 10.0 Å². The fourth-order valence-electron chi connectivity index (χ4n) is 3.89. The number of nitrogens with one attached hydrogen (secondary N) is 2. The summed E-state index contributed by atoms with van der Waals surface area (Å²) >= 11 is 1.24. The van der Waals surface area contributed by atoms with Crippen LogP contribution >= 0.6 is 11.3 Å². The smallest absolute Gasteiger partial charge is 0.271 e. The maximum absolute atomic E-state index is 12.6. The van der Waals surface area contributed by atoms with Crippen LogP contribution in [0.3, 0.4) is 0 Å². The van der Waals surface area contributed by atoms with Gasteiger partial charge in [0.25, 0.3) is 10.0 Å². The van der Waals surface area contributed by atoms with Crippen LogP contribution < -0.4 is 10.0 Å². The molecule has 2 N–H and O–H groups in total.